The third-order valence-electron chi connectivity index (χ3n) is 3.34. The summed E-state index contributed by atoms with van der Waals surface area (Å²) >= 11 is 7.23. The summed E-state index contributed by atoms with van der Waals surface area (Å²) in [7, 11) is 0. The molecule has 5 heteroatoms. The highest BCUT2D eigenvalue weighted by Gasteiger charge is 2.33. The van der Waals surface area contributed by atoms with Gasteiger partial charge in [0.15, 0.2) is 4.77 Å². The lowest BCUT2D eigenvalue weighted by molar-refractivity contribution is 0.494. The first-order valence-electron chi connectivity index (χ1n) is 5.34. The van der Waals surface area contributed by atoms with E-state index in [1.165, 1.54) is 25.7 Å². The zero-order valence-electron chi connectivity index (χ0n) is 9.25. The van der Waals surface area contributed by atoms with E-state index in [9.17, 15) is 0 Å². The van der Waals surface area contributed by atoms with Gasteiger partial charge in [0.2, 0.25) is 0 Å². The van der Waals surface area contributed by atoms with E-state index in [1.54, 1.807) is 0 Å². The summed E-state index contributed by atoms with van der Waals surface area (Å²) < 4.78 is 3.29. The summed E-state index contributed by atoms with van der Waals surface area (Å²) in [5, 5.41) is 7.02. The molecule has 0 unspecified atom stereocenters. The first kappa shape index (κ1) is 11.2. The average molecular weight is 243 g/mol. The number of nitrogens with one attached hydrogen (secondary N) is 1. The first-order valence-corrected chi connectivity index (χ1v) is 6.97. The molecule has 0 bridgehead atoms. The van der Waals surface area contributed by atoms with Crippen molar-refractivity contribution in [3.05, 3.63) is 10.6 Å². The van der Waals surface area contributed by atoms with E-state index >= 15 is 0 Å². The van der Waals surface area contributed by atoms with Gasteiger partial charge in [-0.2, -0.15) is 16.9 Å². The summed E-state index contributed by atoms with van der Waals surface area (Å²) in [6, 6.07) is 0. The van der Waals surface area contributed by atoms with Gasteiger partial charge in [0.25, 0.3) is 0 Å². The Balaban J connectivity index is 2.23. The number of aromatic amines is 1. The van der Waals surface area contributed by atoms with Crippen molar-refractivity contribution in [3.63, 3.8) is 0 Å². The molecule has 0 saturated heterocycles. The minimum absolute atomic E-state index is 0.396. The van der Waals surface area contributed by atoms with Crippen LogP contribution in [0.2, 0.25) is 0 Å². The van der Waals surface area contributed by atoms with Crippen molar-refractivity contribution in [3.8, 4) is 0 Å². The van der Waals surface area contributed by atoms with Crippen LogP contribution in [-0.2, 0) is 6.54 Å². The zero-order valence-corrected chi connectivity index (χ0v) is 10.9. The third kappa shape index (κ3) is 2.13. The van der Waals surface area contributed by atoms with Crippen molar-refractivity contribution in [2.24, 2.45) is 0 Å². The predicted molar refractivity (Wildman–Crippen MR) is 66.9 cm³/mol. The van der Waals surface area contributed by atoms with Gasteiger partial charge in [0.1, 0.15) is 5.82 Å². The van der Waals surface area contributed by atoms with E-state index in [0.717, 1.165) is 17.1 Å². The maximum absolute atomic E-state index is 5.24. The van der Waals surface area contributed by atoms with Crippen molar-refractivity contribution >= 4 is 24.0 Å². The maximum Gasteiger partial charge on any atom is 0.195 e. The normalized spacial score (nSPS) is 19.6. The predicted octanol–water partition coefficient (Wildman–Crippen LogP) is 2.92. The number of thioether (sulfide) groups is 1. The molecule has 0 spiro atoms. The minimum Gasteiger partial charge on any atom is -0.303 e. The number of hydrogen-bond acceptors (Lipinski definition) is 3. The molecule has 1 aromatic heterocycles. The summed E-state index contributed by atoms with van der Waals surface area (Å²) in [5.41, 5.74) is 0. The second-order valence-electron chi connectivity index (χ2n) is 4.26. The van der Waals surface area contributed by atoms with Crippen LogP contribution in [0.4, 0.5) is 0 Å². The molecule has 1 heterocycles. The van der Waals surface area contributed by atoms with E-state index in [-0.39, 0.29) is 0 Å². The summed E-state index contributed by atoms with van der Waals surface area (Å²) in [6.07, 6.45) is 7.53. The number of rotatable bonds is 3. The molecule has 1 N–H and O–H groups in total. The van der Waals surface area contributed by atoms with E-state index in [4.69, 9.17) is 12.2 Å². The molecule has 3 nitrogen and oxygen atoms in total. The van der Waals surface area contributed by atoms with Crippen LogP contribution < -0.4 is 0 Å². The van der Waals surface area contributed by atoms with E-state index in [2.05, 4.69) is 21.0 Å². The monoisotopic (exact) mass is 243 g/mol. The number of nitrogens with zero attached hydrogens (tertiary/aromatic N) is 2. The number of aromatic nitrogens is 3. The lowest BCUT2D eigenvalue weighted by Gasteiger charge is -2.27. The molecule has 84 valence electrons. The molecule has 1 aliphatic carbocycles. The van der Waals surface area contributed by atoms with E-state index in [0.29, 0.717) is 4.75 Å². The van der Waals surface area contributed by atoms with Crippen molar-refractivity contribution in [2.45, 2.75) is 43.9 Å². The molecule has 0 radical (unpaired) electrons. The molecule has 0 amide bonds. The van der Waals surface area contributed by atoms with Crippen LogP contribution in [0.25, 0.3) is 0 Å². The second kappa shape index (κ2) is 4.29. The standard InChI is InChI=1S/C10H17N3S2/c1-8-11-12-9(14)13(8)7-10(15-2)5-3-4-6-10/h3-7H2,1-2H3,(H,12,14). The Kier molecular flexibility index (Phi) is 3.21. The minimum atomic E-state index is 0.396. The highest BCUT2D eigenvalue weighted by molar-refractivity contribution is 8.00. The van der Waals surface area contributed by atoms with Gasteiger partial charge in [-0.25, -0.2) is 0 Å². The van der Waals surface area contributed by atoms with Gasteiger partial charge in [-0.05, 0) is 38.2 Å². The van der Waals surface area contributed by atoms with Gasteiger partial charge < -0.3 is 4.57 Å². The van der Waals surface area contributed by atoms with Crippen LogP contribution in [0.3, 0.4) is 0 Å². The van der Waals surface area contributed by atoms with Crippen LogP contribution in [0.5, 0.6) is 0 Å². The Hall–Kier alpha value is -0.290. The third-order valence-corrected chi connectivity index (χ3v) is 5.06. The molecule has 15 heavy (non-hydrogen) atoms. The van der Waals surface area contributed by atoms with Crippen molar-refractivity contribution in [2.75, 3.05) is 6.26 Å². The Bertz CT molecular complexity index is 388. The van der Waals surface area contributed by atoms with Gasteiger partial charge in [-0.3, -0.25) is 5.10 Å². The highest BCUT2D eigenvalue weighted by atomic mass is 32.2. The van der Waals surface area contributed by atoms with E-state index in [1.807, 2.05) is 18.7 Å². The van der Waals surface area contributed by atoms with Gasteiger partial charge in [0.05, 0.1) is 0 Å². The van der Waals surface area contributed by atoms with Gasteiger partial charge in [-0.1, -0.05) is 12.8 Å². The van der Waals surface area contributed by atoms with Crippen molar-refractivity contribution in [1.82, 2.24) is 14.8 Å². The Labute approximate surface area is 99.7 Å². The molecule has 1 aliphatic rings. The quantitative estimate of drug-likeness (QED) is 0.829. The highest BCUT2D eigenvalue weighted by Crippen LogP contribution is 2.41. The summed E-state index contributed by atoms with van der Waals surface area (Å²) in [6.45, 7) is 3.02. The van der Waals surface area contributed by atoms with Crippen LogP contribution >= 0.6 is 24.0 Å². The average Bonchev–Trinajstić information content (AvgIpc) is 2.81. The van der Waals surface area contributed by atoms with Gasteiger partial charge >= 0.3 is 0 Å². The smallest absolute Gasteiger partial charge is 0.195 e. The summed E-state index contributed by atoms with van der Waals surface area (Å²) in [5.74, 6) is 1.00. The fraction of sp³-hybridized carbons (Fsp3) is 0.800. The van der Waals surface area contributed by atoms with Crippen LogP contribution in [0, 0.1) is 11.7 Å². The number of H-pyrrole nitrogens is 1. The molecule has 2 rings (SSSR count). The Morgan fingerprint density at radius 2 is 2.20 bits per heavy atom. The van der Waals surface area contributed by atoms with Gasteiger partial charge in [0, 0.05) is 11.3 Å². The van der Waals surface area contributed by atoms with Crippen LogP contribution in [0.15, 0.2) is 0 Å². The molecule has 0 aromatic carbocycles. The number of hydrogen-bond donors (Lipinski definition) is 1. The lowest BCUT2D eigenvalue weighted by atomic mass is 10.1. The van der Waals surface area contributed by atoms with Gasteiger partial charge in [-0.15, -0.1) is 0 Å². The SMILES string of the molecule is CSC1(Cn2c(C)n[nH]c2=S)CCCC1. The molecule has 0 atom stereocenters. The van der Waals surface area contributed by atoms with Crippen molar-refractivity contribution in [1.29, 1.82) is 0 Å². The van der Waals surface area contributed by atoms with Crippen LogP contribution in [-0.4, -0.2) is 25.8 Å². The fourth-order valence-corrected chi connectivity index (χ4v) is 3.51. The molecule has 1 aromatic rings. The molecule has 1 saturated carbocycles. The zero-order chi connectivity index (χ0) is 10.9. The van der Waals surface area contributed by atoms with Crippen molar-refractivity contribution < 1.29 is 0 Å². The maximum atomic E-state index is 5.24. The lowest BCUT2D eigenvalue weighted by Crippen LogP contribution is -2.27. The Morgan fingerprint density at radius 3 is 2.67 bits per heavy atom. The fourth-order valence-electron chi connectivity index (χ4n) is 2.32. The molecular weight excluding hydrogens is 226 g/mol. The van der Waals surface area contributed by atoms with E-state index < -0.39 is 0 Å². The molecular formula is C10H17N3S2. The Morgan fingerprint density at radius 1 is 1.53 bits per heavy atom. The second-order valence-corrected chi connectivity index (χ2v) is 5.92. The topological polar surface area (TPSA) is 33.6 Å². The first-order chi connectivity index (χ1) is 7.17. The number of aryl methyl sites for hydroxylation is 1. The largest absolute Gasteiger partial charge is 0.303 e. The summed E-state index contributed by atoms with van der Waals surface area (Å²) in [4.78, 5) is 0. The van der Waals surface area contributed by atoms with Crippen LogP contribution in [0.1, 0.15) is 31.5 Å². The molecule has 0 aliphatic heterocycles. The molecule has 1 fully saturated rings.